The number of hydrogen-bond acceptors (Lipinski definition) is 4. The highest BCUT2D eigenvalue weighted by Gasteiger charge is 2.23. The van der Waals surface area contributed by atoms with Gasteiger partial charge in [0.1, 0.15) is 23.0 Å². The topological polar surface area (TPSA) is 76.6 Å². The number of fused-ring (bicyclic) bond motifs is 1. The standard InChI is InChI=1S/C23H21FN2O4/c1-29-17-8-9-19-20(13-25-12-18-3-2-10-30-18)22(23(27)28)26(21(19)11-17)14-15-4-6-16(24)7-5-15/h2-11,25H,12-14H2,1H3,(H,27,28). The number of rotatable bonds is 8. The van der Waals surface area contributed by atoms with Crippen molar-refractivity contribution in [3.63, 3.8) is 0 Å². The molecule has 30 heavy (non-hydrogen) atoms. The van der Waals surface area contributed by atoms with Crippen molar-refractivity contribution in [2.45, 2.75) is 19.6 Å². The Balaban J connectivity index is 1.77. The average Bonchev–Trinajstić information content (AvgIpc) is 3.36. The summed E-state index contributed by atoms with van der Waals surface area (Å²) in [6, 6.07) is 15.2. The molecule has 0 unspecified atom stereocenters. The minimum absolute atomic E-state index is 0.189. The zero-order valence-corrected chi connectivity index (χ0v) is 16.4. The summed E-state index contributed by atoms with van der Waals surface area (Å²) in [7, 11) is 1.57. The predicted octanol–water partition coefficient (Wildman–Crippen LogP) is 4.42. The molecule has 0 amide bonds. The molecule has 0 aliphatic heterocycles. The van der Waals surface area contributed by atoms with Gasteiger partial charge in [-0.2, -0.15) is 0 Å². The number of furan rings is 1. The van der Waals surface area contributed by atoms with E-state index < -0.39 is 5.97 Å². The number of carbonyl (C=O) groups is 1. The van der Waals surface area contributed by atoms with E-state index in [1.807, 2.05) is 24.3 Å². The summed E-state index contributed by atoms with van der Waals surface area (Å²) in [6.07, 6.45) is 1.60. The summed E-state index contributed by atoms with van der Waals surface area (Å²) in [5.41, 5.74) is 2.41. The minimum atomic E-state index is -1.03. The Morgan fingerprint density at radius 1 is 1.17 bits per heavy atom. The molecule has 2 aromatic heterocycles. The van der Waals surface area contributed by atoms with Crippen LogP contribution in [0.5, 0.6) is 5.75 Å². The van der Waals surface area contributed by atoms with Gasteiger partial charge in [0.25, 0.3) is 0 Å². The molecular weight excluding hydrogens is 387 g/mol. The number of nitrogens with one attached hydrogen (secondary N) is 1. The fourth-order valence-electron chi connectivity index (χ4n) is 3.61. The second kappa shape index (κ2) is 8.42. The van der Waals surface area contributed by atoms with E-state index in [4.69, 9.17) is 9.15 Å². The van der Waals surface area contributed by atoms with Crippen LogP contribution in [0.3, 0.4) is 0 Å². The van der Waals surface area contributed by atoms with Crippen LogP contribution < -0.4 is 10.1 Å². The number of halogens is 1. The Morgan fingerprint density at radius 2 is 1.97 bits per heavy atom. The largest absolute Gasteiger partial charge is 0.497 e. The third-order valence-electron chi connectivity index (χ3n) is 5.01. The molecule has 0 fully saturated rings. The Morgan fingerprint density at radius 3 is 2.63 bits per heavy atom. The normalized spacial score (nSPS) is 11.1. The van der Waals surface area contributed by atoms with Crippen molar-refractivity contribution in [1.82, 2.24) is 9.88 Å². The number of ether oxygens (including phenoxy) is 1. The van der Waals surface area contributed by atoms with E-state index in [1.54, 1.807) is 36.1 Å². The van der Waals surface area contributed by atoms with Gasteiger partial charge in [-0.15, -0.1) is 0 Å². The first-order chi connectivity index (χ1) is 14.6. The summed E-state index contributed by atoms with van der Waals surface area (Å²) in [4.78, 5) is 12.2. The predicted molar refractivity (Wildman–Crippen MR) is 110 cm³/mol. The highest BCUT2D eigenvalue weighted by molar-refractivity contribution is 5.98. The molecule has 0 saturated heterocycles. The van der Waals surface area contributed by atoms with Crippen LogP contribution in [0.1, 0.15) is 27.4 Å². The van der Waals surface area contributed by atoms with Crippen LogP contribution in [0.2, 0.25) is 0 Å². The first kappa shape index (κ1) is 19.7. The molecule has 4 rings (SSSR count). The number of hydrogen-bond donors (Lipinski definition) is 2. The highest BCUT2D eigenvalue weighted by Crippen LogP contribution is 2.31. The fraction of sp³-hybridized carbons (Fsp3) is 0.174. The van der Waals surface area contributed by atoms with Gasteiger partial charge in [0, 0.05) is 30.1 Å². The van der Waals surface area contributed by atoms with Crippen LogP contribution in [0, 0.1) is 5.82 Å². The van der Waals surface area contributed by atoms with Crippen LogP contribution in [-0.4, -0.2) is 22.8 Å². The molecule has 0 saturated carbocycles. The lowest BCUT2D eigenvalue weighted by atomic mass is 10.1. The van der Waals surface area contributed by atoms with E-state index in [9.17, 15) is 14.3 Å². The molecule has 0 atom stereocenters. The number of nitrogens with zero attached hydrogens (tertiary/aromatic N) is 1. The number of aromatic carboxylic acids is 1. The molecule has 4 aromatic rings. The summed E-state index contributed by atoms with van der Waals surface area (Å²) >= 11 is 0. The van der Waals surface area contributed by atoms with Gasteiger partial charge in [-0.25, -0.2) is 9.18 Å². The number of methoxy groups -OCH3 is 1. The van der Waals surface area contributed by atoms with Crippen molar-refractivity contribution in [3.05, 3.63) is 89.3 Å². The van der Waals surface area contributed by atoms with Gasteiger partial charge in [-0.05, 0) is 42.0 Å². The second-order valence-electron chi connectivity index (χ2n) is 6.91. The first-order valence-electron chi connectivity index (χ1n) is 9.46. The SMILES string of the molecule is COc1ccc2c(CNCc3ccco3)c(C(=O)O)n(Cc3ccc(F)cc3)c2c1. The third kappa shape index (κ3) is 3.92. The van der Waals surface area contributed by atoms with Crippen molar-refractivity contribution in [1.29, 1.82) is 0 Å². The lowest BCUT2D eigenvalue weighted by Gasteiger charge is -2.10. The summed E-state index contributed by atoms with van der Waals surface area (Å²) in [5, 5.41) is 14.1. The first-order valence-corrected chi connectivity index (χ1v) is 9.46. The van der Waals surface area contributed by atoms with Crippen LogP contribution in [0.25, 0.3) is 10.9 Å². The van der Waals surface area contributed by atoms with E-state index in [1.165, 1.54) is 12.1 Å². The minimum Gasteiger partial charge on any atom is -0.497 e. The second-order valence-corrected chi connectivity index (χ2v) is 6.91. The third-order valence-corrected chi connectivity index (χ3v) is 5.01. The van der Waals surface area contributed by atoms with Gasteiger partial charge in [0.05, 0.1) is 25.4 Å². The number of aromatic nitrogens is 1. The molecule has 0 aliphatic carbocycles. The van der Waals surface area contributed by atoms with E-state index in [2.05, 4.69) is 5.32 Å². The Labute approximate surface area is 172 Å². The lowest BCUT2D eigenvalue weighted by molar-refractivity contribution is 0.0684. The quantitative estimate of drug-likeness (QED) is 0.451. The van der Waals surface area contributed by atoms with Crippen molar-refractivity contribution in [2.24, 2.45) is 0 Å². The van der Waals surface area contributed by atoms with Gasteiger partial charge in [-0.3, -0.25) is 0 Å². The Bertz CT molecular complexity index is 1160. The van der Waals surface area contributed by atoms with E-state index in [-0.39, 0.29) is 11.5 Å². The summed E-state index contributed by atoms with van der Waals surface area (Å²) in [5.74, 6) is 0.0390. The molecule has 2 N–H and O–H groups in total. The van der Waals surface area contributed by atoms with Crippen LogP contribution in [0.15, 0.2) is 65.3 Å². The molecule has 2 aromatic carbocycles. The van der Waals surface area contributed by atoms with E-state index in [0.717, 1.165) is 22.2 Å². The van der Waals surface area contributed by atoms with Gasteiger partial charge in [0.15, 0.2) is 0 Å². The molecule has 7 heteroatoms. The summed E-state index contributed by atoms with van der Waals surface area (Å²) in [6.45, 7) is 1.12. The maximum atomic E-state index is 13.3. The lowest BCUT2D eigenvalue weighted by Crippen LogP contribution is -2.17. The molecular formula is C23H21FN2O4. The maximum Gasteiger partial charge on any atom is 0.352 e. The number of carboxylic acid groups (broad SMARTS) is 1. The summed E-state index contributed by atoms with van der Waals surface area (Å²) < 4.78 is 25.7. The average molecular weight is 408 g/mol. The Hall–Kier alpha value is -3.58. The number of benzene rings is 2. The zero-order chi connectivity index (χ0) is 21.1. The van der Waals surface area contributed by atoms with Crippen LogP contribution in [-0.2, 0) is 19.6 Å². The van der Waals surface area contributed by atoms with Gasteiger partial charge in [0.2, 0.25) is 0 Å². The molecule has 2 heterocycles. The molecule has 0 spiro atoms. The highest BCUT2D eigenvalue weighted by atomic mass is 19.1. The van der Waals surface area contributed by atoms with Crippen molar-refractivity contribution < 1.29 is 23.4 Å². The van der Waals surface area contributed by atoms with Crippen molar-refractivity contribution >= 4 is 16.9 Å². The van der Waals surface area contributed by atoms with Gasteiger partial charge in [-0.1, -0.05) is 12.1 Å². The molecule has 0 aliphatic rings. The molecule has 154 valence electrons. The maximum absolute atomic E-state index is 13.3. The van der Waals surface area contributed by atoms with E-state index in [0.29, 0.717) is 30.9 Å². The van der Waals surface area contributed by atoms with Crippen LogP contribution >= 0.6 is 0 Å². The monoisotopic (exact) mass is 408 g/mol. The Kier molecular flexibility index (Phi) is 5.54. The fourth-order valence-corrected chi connectivity index (χ4v) is 3.61. The van der Waals surface area contributed by atoms with E-state index >= 15 is 0 Å². The molecule has 0 radical (unpaired) electrons. The zero-order valence-electron chi connectivity index (χ0n) is 16.4. The van der Waals surface area contributed by atoms with Crippen molar-refractivity contribution in [3.8, 4) is 5.75 Å². The smallest absolute Gasteiger partial charge is 0.352 e. The van der Waals surface area contributed by atoms with Gasteiger partial charge >= 0.3 is 5.97 Å². The van der Waals surface area contributed by atoms with Crippen LogP contribution in [0.4, 0.5) is 4.39 Å². The van der Waals surface area contributed by atoms with Gasteiger partial charge < -0.3 is 24.1 Å². The molecule has 0 bridgehead atoms. The molecule has 6 nitrogen and oxygen atoms in total. The van der Waals surface area contributed by atoms with Crippen molar-refractivity contribution in [2.75, 3.05) is 7.11 Å². The number of carboxylic acids is 1.